The zero-order valence-electron chi connectivity index (χ0n) is 16.5. The minimum absolute atomic E-state index is 0.0494. The smallest absolute Gasteiger partial charge is 0.414 e. The van der Waals surface area contributed by atoms with Crippen molar-refractivity contribution in [2.24, 2.45) is 0 Å². The third-order valence-corrected chi connectivity index (χ3v) is 6.54. The van der Waals surface area contributed by atoms with Gasteiger partial charge in [-0.1, -0.05) is 0 Å². The van der Waals surface area contributed by atoms with E-state index in [2.05, 4.69) is 15.4 Å². The summed E-state index contributed by atoms with van der Waals surface area (Å²) >= 11 is 1.11. The second-order valence-electron chi connectivity index (χ2n) is 5.98. The Morgan fingerprint density at radius 3 is 2.43 bits per heavy atom. The van der Waals surface area contributed by atoms with Gasteiger partial charge in [-0.05, 0) is 49.1 Å². The second-order valence-corrected chi connectivity index (χ2v) is 9.01. The topological polar surface area (TPSA) is 128 Å². The van der Waals surface area contributed by atoms with Crippen LogP contribution >= 0.6 is 11.3 Å². The number of amides is 3. The highest BCUT2D eigenvalue weighted by atomic mass is 32.2. The molecule has 11 heteroatoms. The number of imide groups is 1. The molecule has 1 heterocycles. The molecule has 0 aliphatic carbocycles. The quantitative estimate of drug-likeness (QED) is 0.596. The van der Waals surface area contributed by atoms with Gasteiger partial charge in [-0.3, -0.25) is 14.9 Å². The summed E-state index contributed by atoms with van der Waals surface area (Å²) in [5.74, 6) is -0.792. The molecular formula is C19H22N2O7S2. The van der Waals surface area contributed by atoms with E-state index in [1.165, 1.54) is 25.3 Å². The number of thiophene rings is 1. The Hall–Kier alpha value is -2.92. The minimum atomic E-state index is -3.53. The van der Waals surface area contributed by atoms with Crippen LogP contribution < -0.4 is 15.4 Å². The summed E-state index contributed by atoms with van der Waals surface area (Å²) in [5, 5.41) is 6.48. The van der Waals surface area contributed by atoms with Crippen molar-refractivity contribution in [1.29, 1.82) is 0 Å². The highest BCUT2D eigenvalue weighted by molar-refractivity contribution is 7.91. The van der Waals surface area contributed by atoms with Gasteiger partial charge in [-0.2, -0.15) is 0 Å². The van der Waals surface area contributed by atoms with Gasteiger partial charge in [0.05, 0.1) is 29.9 Å². The first-order valence-corrected chi connectivity index (χ1v) is 11.5. The van der Waals surface area contributed by atoms with Gasteiger partial charge < -0.3 is 14.8 Å². The molecule has 0 fully saturated rings. The number of anilines is 1. The highest BCUT2D eigenvalue weighted by Gasteiger charge is 2.19. The molecule has 1 aromatic carbocycles. The molecule has 0 saturated heterocycles. The lowest BCUT2D eigenvalue weighted by molar-refractivity contribution is -0.116. The van der Waals surface area contributed by atoms with Crippen LogP contribution in [0.5, 0.6) is 5.75 Å². The van der Waals surface area contributed by atoms with Crippen LogP contribution in [-0.4, -0.2) is 45.8 Å². The number of sulfone groups is 1. The molecular weight excluding hydrogens is 432 g/mol. The molecule has 30 heavy (non-hydrogen) atoms. The Labute approximate surface area is 178 Å². The van der Waals surface area contributed by atoms with E-state index in [9.17, 15) is 22.8 Å². The van der Waals surface area contributed by atoms with Gasteiger partial charge in [0.1, 0.15) is 10.8 Å². The summed E-state index contributed by atoms with van der Waals surface area (Å²) < 4.78 is 34.4. The fourth-order valence-electron chi connectivity index (χ4n) is 2.42. The lowest BCUT2D eigenvalue weighted by Gasteiger charge is -2.08. The molecule has 0 spiro atoms. The van der Waals surface area contributed by atoms with Gasteiger partial charge in [-0.25, -0.2) is 13.2 Å². The lowest BCUT2D eigenvalue weighted by Crippen LogP contribution is -2.31. The lowest BCUT2D eigenvalue weighted by atomic mass is 10.3. The molecule has 9 nitrogen and oxygen atoms in total. The number of hydrogen-bond donors (Lipinski definition) is 2. The molecule has 0 aliphatic heterocycles. The van der Waals surface area contributed by atoms with Crippen LogP contribution in [0.3, 0.4) is 0 Å². The number of nitrogens with one attached hydrogen (secondary N) is 2. The minimum Gasteiger partial charge on any atom is -0.497 e. The van der Waals surface area contributed by atoms with E-state index in [0.29, 0.717) is 5.75 Å². The van der Waals surface area contributed by atoms with Crippen LogP contribution in [0.2, 0.25) is 0 Å². The third-order valence-electron chi connectivity index (χ3n) is 3.89. The van der Waals surface area contributed by atoms with E-state index in [-0.39, 0.29) is 40.7 Å². The molecule has 0 bridgehead atoms. The van der Waals surface area contributed by atoms with E-state index in [1.54, 1.807) is 24.4 Å². The van der Waals surface area contributed by atoms with Crippen LogP contribution in [0.4, 0.5) is 9.80 Å². The van der Waals surface area contributed by atoms with Gasteiger partial charge in [-0.15, -0.1) is 11.3 Å². The first kappa shape index (κ1) is 23.4. The Bertz CT molecular complexity index is 998. The maximum atomic E-state index is 12.4. The van der Waals surface area contributed by atoms with Gasteiger partial charge >= 0.3 is 6.09 Å². The SMILES string of the molecule is CCOC(=O)NC(=O)c1ccsc1NC(=O)CCCS(=O)(=O)c1ccc(OC)cc1. The Balaban J connectivity index is 1.88. The Kier molecular flexibility index (Phi) is 8.36. The molecule has 0 aliphatic rings. The van der Waals surface area contributed by atoms with Crippen molar-refractivity contribution >= 4 is 44.1 Å². The van der Waals surface area contributed by atoms with Crippen molar-refractivity contribution in [1.82, 2.24) is 5.32 Å². The first-order valence-electron chi connectivity index (χ1n) is 8.99. The average molecular weight is 455 g/mol. The van der Waals surface area contributed by atoms with Crippen molar-refractivity contribution in [2.45, 2.75) is 24.7 Å². The van der Waals surface area contributed by atoms with Crippen LogP contribution in [0.15, 0.2) is 40.6 Å². The van der Waals surface area contributed by atoms with Crippen LogP contribution in [0, 0.1) is 0 Å². The van der Waals surface area contributed by atoms with Gasteiger partial charge in [0, 0.05) is 6.42 Å². The van der Waals surface area contributed by atoms with E-state index in [4.69, 9.17) is 4.74 Å². The summed E-state index contributed by atoms with van der Waals surface area (Å²) in [5.41, 5.74) is 0.118. The third kappa shape index (κ3) is 6.56. The monoisotopic (exact) mass is 454 g/mol. The molecule has 162 valence electrons. The number of carbonyl (C=O) groups is 3. The number of ether oxygens (including phenoxy) is 2. The normalized spacial score (nSPS) is 10.9. The van der Waals surface area contributed by atoms with Gasteiger partial charge in [0.2, 0.25) is 5.91 Å². The number of alkyl carbamates (subject to hydrolysis) is 1. The van der Waals surface area contributed by atoms with E-state index in [1.807, 2.05) is 0 Å². The summed E-state index contributed by atoms with van der Waals surface area (Å²) in [4.78, 5) is 35.8. The summed E-state index contributed by atoms with van der Waals surface area (Å²) in [7, 11) is -2.04. The van der Waals surface area contributed by atoms with Crippen LogP contribution in [0.25, 0.3) is 0 Å². The molecule has 3 amide bonds. The van der Waals surface area contributed by atoms with E-state index in [0.717, 1.165) is 11.3 Å². The van der Waals surface area contributed by atoms with Crippen molar-refractivity contribution in [3.8, 4) is 5.75 Å². The number of hydrogen-bond acceptors (Lipinski definition) is 8. The zero-order chi connectivity index (χ0) is 22.1. The maximum absolute atomic E-state index is 12.4. The summed E-state index contributed by atoms with van der Waals surface area (Å²) in [6, 6.07) is 7.48. The largest absolute Gasteiger partial charge is 0.497 e. The number of rotatable bonds is 9. The molecule has 2 rings (SSSR count). The van der Waals surface area contributed by atoms with Crippen LogP contribution in [-0.2, 0) is 19.4 Å². The predicted molar refractivity (Wildman–Crippen MR) is 112 cm³/mol. The maximum Gasteiger partial charge on any atom is 0.414 e. The van der Waals surface area contributed by atoms with Crippen molar-refractivity contribution in [3.63, 3.8) is 0 Å². The van der Waals surface area contributed by atoms with Crippen molar-refractivity contribution in [3.05, 3.63) is 41.3 Å². The highest BCUT2D eigenvalue weighted by Crippen LogP contribution is 2.24. The first-order chi connectivity index (χ1) is 14.3. The molecule has 0 saturated carbocycles. The molecule has 0 unspecified atom stereocenters. The fraction of sp³-hybridized carbons (Fsp3) is 0.316. The number of carbonyl (C=O) groups excluding carboxylic acids is 3. The molecule has 2 N–H and O–H groups in total. The number of methoxy groups -OCH3 is 1. The second kappa shape index (κ2) is 10.7. The summed E-state index contributed by atoms with van der Waals surface area (Å²) in [6.07, 6.45) is -0.822. The van der Waals surface area contributed by atoms with E-state index >= 15 is 0 Å². The predicted octanol–water partition coefficient (Wildman–Crippen LogP) is 2.84. The zero-order valence-corrected chi connectivity index (χ0v) is 18.1. The van der Waals surface area contributed by atoms with Crippen molar-refractivity contribution in [2.75, 3.05) is 24.8 Å². The Morgan fingerprint density at radius 1 is 1.10 bits per heavy atom. The van der Waals surface area contributed by atoms with Gasteiger partial charge in [0.15, 0.2) is 9.84 Å². The Morgan fingerprint density at radius 2 is 1.80 bits per heavy atom. The summed E-state index contributed by atoms with van der Waals surface area (Å²) in [6.45, 7) is 1.72. The standard InChI is InChI=1S/C19H22N2O7S2/c1-3-28-19(24)21-17(23)15-10-11-29-18(15)20-16(22)5-4-12-30(25,26)14-8-6-13(27-2)7-9-14/h6-11H,3-5,12H2,1-2H3,(H,20,22)(H,21,23,24). The number of benzene rings is 1. The molecule has 0 atom stereocenters. The van der Waals surface area contributed by atoms with Crippen LogP contribution in [0.1, 0.15) is 30.1 Å². The molecule has 2 aromatic rings. The fourth-order valence-corrected chi connectivity index (χ4v) is 4.54. The van der Waals surface area contributed by atoms with E-state index < -0.39 is 27.7 Å². The van der Waals surface area contributed by atoms with Crippen molar-refractivity contribution < 1.29 is 32.3 Å². The molecule has 1 aromatic heterocycles. The molecule has 0 radical (unpaired) electrons. The average Bonchev–Trinajstić information content (AvgIpc) is 3.16. The van der Waals surface area contributed by atoms with Gasteiger partial charge in [0.25, 0.3) is 5.91 Å².